The zero-order valence-electron chi connectivity index (χ0n) is 26.0. The Morgan fingerprint density at radius 2 is 1.69 bits per heavy atom. The van der Waals surface area contributed by atoms with Crippen LogP contribution in [0.5, 0.6) is 5.75 Å². The van der Waals surface area contributed by atoms with Gasteiger partial charge in [-0.3, -0.25) is 9.79 Å². The number of nitrogens with one attached hydrogen (secondary N) is 1. The highest BCUT2D eigenvalue weighted by molar-refractivity contribution is 5.96. The van der Waals surface area contributed by atoms with E-state index in [0.717, 1.165) is 46.8 Å². The Hall–Kier alpha value is -4.16. The molecule has 3 aromatic rings. The van der Waals surface area contributed by atoms with Gasteiger partial charge >= 0.3 is 0 Å². The molecule has 222 valence electrons. The number of amides is 1. The maximum absolute atomic E-state index is 13.3. The number of hydrogen-bond donors (Lipinski definition) is 2. The molecule has 0 spiro atoms. The van der Waals surface area contributed by atoms with Crippen LogP contribution in [0.4, 0.5) is 0 Å². The van der Waals surface area contributed by atoms with Crippen LogP contribution in [0.3, 0.4) is 0 Å². The number of nitrogens with zero attached hydrogens (tertiary/aromatic N) is 2. The van der Waals surface area contributed by atoms with Gasteiger partial charge in [-0.15, -0.1) is 0 Å². The third-order valence-electron chi connectivity index (χ3n) is 7.40. The fourth-order valence-electron chi connectivity index (χ4n) is 4.89. The summed E-state index contributed by atoms with van der Waals surface area (Å²) < 4.78 is 5.38. The van der Waals surface area contributed by atoms with Crippen molar-refractivity contribution >= 4 is 17.3 Å². The molecule has 1 atom stereocenters. The summed E-state index contributed by atoms with van der Waals surface area (Å²) in [6.45, 7) is 12.6. The molecule has 0 aromatic heterocycles. The Morgan fingerprint density at radius 1 is 1.05 bits per heavy atom. The summed E-state index contributed by atoms with van der Waals surface area (Å²) in [5.41, 5.74) is 11.9. The normalized spacial score (nSPS) is 12.9. The Labute approximate surface area is 252 Å². The number of hydrogen-bond acceptors (Lipinski definition) is 4. The molecule has 6 heteroatoms. The second-order valence-corrected chi connectivity index (χ2v) is 11.1. The Balaban J connectivity index is 2.03. The third-order valence-corrected chi connectivity index (χ3v) is 7.40. The van der Waals surface area contributed by atoms with Gasteiger partial charge in [0, 0.05) is 25.7 Å². The number of carbonyl (C=O) groups is 1. The maximum Gasteiger partial charge on any atom is 0.240 e. The predicted octanol–water partition coefficient (Wildman–Crippen LogP) is 6.70. The zero-order valence-corrected chi connectivity index (χ0v) is 26.0. The smallest absolute Gasteiger partial charge is 0.240 e. The summed E-state index contributed by atoms with van der Waals surface area (Å²) in [4.78, 5) is 20.3. The molecular formula is C36H46N4O2. The largest absolute Gasteiger partial charge is 0.497 e. The summed E-state index contributed by atoms with van der Waals surface area (Å²) in [6.07, 6.45) is 4.23. The molecule has 0 radical (unpaired) electrons. The Morgan fingerprint density at radius 3 is 2.26 bits per heavy atom. The summed E-state index contributed by atoms with van der Waals surface area (Å²) >= 11 is 0. The Kier molecular flexibility index (Phi) is 11.7. The maximum atomic E-state index is 13.3. The van der Waals surface area contributed by atoms with Gasteiger partial charge in [0.25, 0.3) is 0 Å². The van der Waals surface area contributed by atoms with Gasteiger partial charge in [0.1, 0.15) is 11.6 Å². The summed E-state index contributed by atoms with van der Waals surface area (Å²) in [7, 11) is 3.44. The second-order valence-electron chi connectivity index (χ2n) is 11.1. The fourth-order valence-corrected chi connectivity index (χ4v) is 4.89. The van der Waals surface area contributed by atoms with Crippen molar-refractivity contribution in [3.63, 3.8) is 0 Å². The molecule has 0 saturated heterocycles. The number of carbonyl (C=O) groups excluding carboxylic acids is 1. The molecule has 3 aromatic carbocycles. The van der Waals surface area contributed by atoms with Gasteiger partial charge in [-0.05, 0) is 80.5 Å². The second kappa shape index (κ2) is 15.2. The van der Waals surface area contributed by atoms with Gasteiger partial charge < -0.3 is 20.7 Å². The van der Waals surface area contributed by atoms with E-state index >= 15 is 0 Å². The van der Waals surface area contributed by atoms with Crippen molar-refractivity contribution in [3.05, 3.63) is 119 Å². The third kappa shape index (κ3) is 8.92. The van der Waals surface area contributed by atoms with E-state index in [1.54, 1.807) is 28.0 Å². The number of methoxy groups -OCH3 is 1. The van der Waals surface area contributed by atoms with Crippen LogP contribution < -0.4 is 15.8 Å². The number of rotatable bonds is 13. The summed E-state index contributed by atoms with van der Waals surface area (Å²) in [5, 5.41) is 3.24. The van der Waals surface area contributed by atoms with E-state index in [4.69, 9.17) is 15.5 Å². The van der Waals surface area contributed by atoms with Crippen LogP contribution in [0, 0.1) is 6.92 Å². The molecule has 6 nitrogen and oxygen atoms in total. The van der Waals surface area contributed by atoms with Crippen LogP contribution in [-0.4, -0.2) is 42.4 Å². The van der Waals surface area contributed by atoms with E-state index in [1.807, 2.05) is 49.4 Å². The average molecular weight is 567 g/mol. The lowest BCUT2D eigenvalue weighted by molar-refractivity contribution is -0.125. The molecule has 0 aliphatic rings. The van der Waals surface area contributed by atoms with Crippen molar-refractivity contribution in [3.8, 4) is 5.75 Å². The lowest BCUT2D eigenvalue weighted by Gasteiger charge is -2.35. The fraction of sp³-hybridized carbons (Fsp3) is 0.333. The van der Waals surface area contributed by atoms with E-state index < -0.39 is 11.6 Å². The molecule has 0 unspecified atom stereocenters. The molecule has 1 amide bonds. The van der Waals surface area contributed by atoms with E-state index in [9.17, 15) is 4.79 Å². The molecule has 3 N–H and O–H groups in total. The van der Waals surface area contributed by atoms with Crippen molar-refractivity contribution in [1.29, 1.82) is 0 Å². The number of benzene rings is 3. The number of aryl methyl sites for hydroxylation is 2. The number of amidine groups is 1. The summed E-state index contributed by atoms with van der Waals surface area (Å²) in [5.74, 6) is 1.28. The number of ether oxygens (including phenoxy) is 1. The highest BCUT2D eigenvalue weighted by Crippen LogP contribution is 2.27. The lowest BCUT2D eigenvalue weighted by Crippen LogP contribution is -2.56. The number of allylic oxidation sites excluding steroid dienone is 2. The van der Waals surface area contributed by atoms with Crippen molar-refractivity contribution in [1.82, 2.24) is 10.2 Å². The van der Waals surface area contributed by atoms with Gasteiger partial charge in [-0.1, -0.05) is 79.4 Å². The van der Waals surface area contributed by atoms with Crippen LogP contribution in [-0.2, 0) is 17.8 Å². The highest BCUT2D eigenvalue weighted by Gasteiger charge is 2.31. The van der Waals surface area contributed by atoms with Crippen LogP contribution in [0.25, 0.3) is 5.57 Å². The van der Waals surface area contributed by atoms with Gasteiger partial charge in [-0.2, -0.15) is 0 Å². The average Bonchev–Trinajstić information content (AvgIpc) is 2.99. The molecular weight excluding hydrogens is 520 g/mol. The van der Waals surface area contributed by atoms with Crippen molar-refractivity contribution in [2.45, 2.75) is 65.1 Å². The molecule has 0 fully saturated rings. The molecule has 0 bridgehead atoms. The quantitative estimate of drug-likeness (QED) is 0.178. The molecule has 42 heavy (non-hydrogen) atoms. The minimum absolute atomic E-state index is 0.242. The molecule has 0 saturated carbocycles. The van der Waals surface area contributed by atoms with Gasteiger partial charge in [0.15, 0.2) is 0 Å². The van der Waals surface area contributed by atoms with E-state index in [0.29, 0.717) is 13.0 Å². The zero-order chi connectivity index (χ0) is 30.7. The van der Waals surface area contributed by atoms with Crippen molar-refractivity contribution < 1.29 is 9.53 Å². The standard InChI is InChI=1S/C36H46N4O2/c1-8-30(32-17-13-12-14-26(32)2)24-33(39-35(41)36(4,5)37)34(38-6)40(25-29-20-22-31(42-7)23-21-29)27(3)18-19-28-15-10-9-11-16-28/h8-17,20-23,33H,3,18-19,24-25,37H2,1-2,4-7H3,(H,39,41)/b30-8-,38-34?/t33-/m0/s1. The molecule has 0 aliphatic heterocycles. The van der Waals surface area contributed by atoms with E-state index in [-0.39, 0.29) is 5.91 Å². The highest BCUT2D eigenvalue weighted by atomic mass is 16.5. The Bertz CT molecular complexity index is 1390. The molecule has 3 rings (SSSR count). The first-order valence-electron chi connectivity index (χ1n) is 14.5. The number of aliphatic imine (C=N–C) groups is 1. The molecule has 0 heterocycles. The first kappa shape index (κ1) is 32.4. The topological polar surface area (TPSA) is 80.0 Å². The molecule has 0 aliphatic carbocycles. The van der Waals surface area contributed by atoms with Crippen LogP contribution in [0.15, 0.2) is 102 Å². The first-order valence-corrected chi connectivity index (χ1v) is 14.5. The lowest BCUT2D eigenvalue weighted by atomic mass is 9.93. The summed E-state index contributed by atoms with van der Waals surface area (Å²) in [6, 6.07) is 26.2. The van der Waals surface area contributed by atoms with Crippen molar-refractivity contribution in [2.24, 2.45) is 10.7 Å². The van der Waals surface area contributed by atoms with Gasteiger partial charge in [-0.25, -0.2) is 0 Å². The minimum atomic E-state index is -1.05. The monoisotopic (exact) mass is 566 g/mol. The minimum Gasteiger partial charge on any atom is -0.497 e. The van der Waals surface area contributed by atoms with Gasteiger partial charge in [0.05, 0.1) is 18.7 Å². The van der Waals surface area contributed by atoms with E-state index in [1.165, 1.54) is 11.1 Å². The first-order chi connectivity index (χ1) is 20.1. The van der Waals surface area contributed by atoms with Crippen LogP contribution in [0.2, 0.25) is 0 Å². The van der Waals surface area contributed by atoms with Crippen LogP contribution >= 0.6 is 0 Å². The SMILES string of the molecule is C=C(CCc1ccccc1)N(Cc1ccc(OC)cc1)C(=NC)[C@H](C/C(=C/C)c1ccccc1C)NC(=O)C(C)(C)N. The van der Waals surface area contributed by atoms with Crippen molar-refractivity contribution in [2.75, 3.05) is 14.2 Å². The van der Waals surface area contributed by atoms with E-state index in [2.05, 4.69) is 66.2 Å². The van der Waals surface area contributed by atoms with Gasteiger partial charge in [0.2, 0.25) is 5.91 Å². The van der Waals surface area contributed by atoms with Crippen LogP contribution in [0.1, 0.15) is 55.9 Å². The predicted molar refractivity (Wildman–Crippen MR) is 175 cm³/mol. The number of nitrogens with two attached hydrogens (primary N) is 1.